The number of carbonyl (C=O) groups excluding carboxylic acids is 2. The van der Waals surface area contributed by atoms with E-state index in [1.807, 2.05) is 6.92 Å². The second-order valence-electron chi connectivity index (χ2n) is 13.0. The normalized spacial score (nSPS) is 36.7. The third-order valence-corrected chi connectivity index (χ3v) is 12.0. The lowest BCUT2D eigenvalue weighted by atomic mass is 9.44. The number of aryl methyl sites for hydroxylation is 1. The van der Waals surface area contributed by atoms with Gasteiger partial charge in [0.25, 0.3) is 5.56 Å². The highest BCUT2D eigenvalue weighted by molar-refractivity contribution is 7.99. The zero-order valence-corrected chi connectivity index (χ0v) is 25.4. The quantitative estimate of drug-likeness (QED) is 0.189. The fraction of sp³-hybridized carbons (Fsp3) is 0.625. The SMILES string of the molecule is C=C[C@]1(C)C[C@@H](OC(=O)c2cccn(CCCSc3ncc[nH]3)c2=O)[C@@]2(C)C3C(=O)CCC3(CC[C@H]2C)[C@@H](C)[C@@H]1O. The number of hydrogen-bond donors (Lipinski definition) is 2. The Balaban J connectivity index is 1.44. The van der Waals surface area contributed by atoms with Crippen molar-refractivity contribution in [3.8, 4) is 0 Å². The summed E-state index contributed by atoms with van der Waals surface area (Å²) < 4.78 is 7.89. The minimum atomic E-state index is -0.736. The highest BCUT2D eigenvalue weighted by atomic mass is 32.2. The average Bonchev–Trinajstić information content (AvgIpc) is 3.60. The molecule has 3 aliphatic carbocycles. The van der Waals surface area contributed by atoms with Crippen molar-refractivity contribution < 1.29 is 19.4 Å². The standard InChI is InChI=1S/C32H43N3O5S/c1-6-30(4)19-24(31(5)20(2)10-12-32(21(3)26(30)37)13-11-23(36)25(31)32)40-28(39)22-9-7-16-35(27(22)38)17-8-18-41-29-33-14-15-34-29/h6-7,9,14-16,20-21,24-26,37H,1,8,10-13,17-19H2,2-5H3,(H,33,34)/t20-,21+,24-,25?,26+,30-,31+,32?/m1/s1. The van der Waals surface area contributed by atoms with Crippen molar-refractivity contribution in [3.05, 3.63) is 59.3 Å². The number of esters is 1. The number of rotatable bonds is 8. The van der Waals surface area contributed by atoms with Crippen LogP contribution in [0.4, 0.5) is 0 Å². The number of nitrogens with zero attached hydrogens (tertiary/aromatic N) is 2. The summed E-state index contributed by atoms with van der Waals surface area (Å²) in [7, 11) is 0. The van der Waals surface area contributed by atoms with Crippen LogP contribution in [0.5, 0.6) is 0 Å². The Bertz CT molecular complexity index is 1360. The van der Waals surface area contributed by atoms with Gasteiger partial charge in [0.15, 0.2) is 5.16 Å². The lowest BCUT2D eigenvalue weighted by molar-refractivity contribution is -0.192. The van der Waals surface area contributed by atoms with Gasteiger partial charge in [-0.3, -0.25) is 9.59 Å². The van der Waals surface area contributed by atoms with Crippen LogP contribution in [0.2, 0.25) is 0 Å². The van der Waals surface area contributed by atoms with Crippen LogP contribution in [0.25, 0.3) is 0 Å². The van der Waals surface area contributed by atoms with Crippen LogP contribution in [0.3, 0.4) is 0 Å². The maximum atomic E-state index is 13.8. The van der Waals surface area contributed by atoms with Gasteiger partial charge in [-0.05, 0) is 61.5 Å². The number of aliphatic hydroxyl groups excluding tert-OH is 1. The summed E-state index contributed by atoms with van der Waals surface area (Å²) >= 11 is 1.58. The van der Waals surface area contributed by atoms with E-state index in [1.165, 1.54) is 6.07 Å². The number of nitrogens with one attached hydrogen (secondary N) is 1. The van der Waals surface area contributed by atoms with E-state index in [1.54, 1.807) is 47.1 Å². The molecule has 2 aromatic rings. The number of Topliss-reactive ketones (excluding diaryl/α,β-unsaturated/α-hetero) is 1. The van der Waals surface area contributed by atoms with Gasteiger partial charge in [-0.15, -0.1) is 6.58 Å². The molecular formula is C32H43N3O5S. The number of aliphatic hydroxyl groups is 1. The van der Waals surface area contributed by atoms with Crippen molar-refractivity contribution in [2.75, 3.05) is 5.75 Å². The second kappa shape index (κ2) is 11.2. The molecule has 9 heteroatoms. The molecule has 2 N–H and O–H groups in total. The van der Waals surface area contributed by atoms with Gasteiger partial charge < -0.3 is 19.4 Å². The van der Waals surface area contributed by atoms with E-state index >= 15 is 0 Å². The second-order valence-corrected chi connectivity index (χ2v) is 14.1. The Morgan fingerprint density at radius 1 is 1.32 bits per heavy atom. The van der Waals surface area contributed by atoms with Crippen LogP contribution >= 0.6 is 11.8 Å². The van der Waals surface area contributed by atoms with Crippen molar-refractivity contribution in [1.82, 2.24) is 14.5 Å². The first-order valence-corrected chi connectivity index (χ1v) is 15.8. The monoisotopic (exact) mass is 581 g/mol. The molecule has 41 heavy (non-hydrogen) atoms. The van der Waals surface area contributed by atoms with Crippen LogP contribution in [0.1, 0.15) is 76.6 Å². The van der Waals surface area contributed by atoms with E-state index in [9.17, 15) is 19.5 Å². The minimum absolute atomic E-state index is 0.0152. The first-order chi connectivity index (χ1) is 19.5. The van der Waals surface area contributed by atoms with Gasteiger partial charge >= 0.3 is 5.97 Å². The Morgan fingerprint density at radius 2 is 2.10 bits per heavy atom. The summed E-state index contributed by atoms with van der Waals surface area (Å²) in [4.78, 5) is 48.0. The predicted octanol–water partition coefficient (Wildman–Crippen LogP) is 5.27. The van der Waals surface area contributed by atoms with Crippen LogP contribution < -0.4 is 5.56 Å². The number of ketones is 1. The van der Waals surface area contributed by atoms with Crippen molar-refractivity contribution in [2.45, 2.75) is 90.1 Å². The zero-order chi connectivity index (χ0) is 29.6. The summed E-state index contributed by atoms with van der Waals surface area (Å²) in [6.45, 7) is 12.8. The summed E-state index contributed by atoms with van der Waals surface area (Å²) in [6.07, 6.45) is 9.59. The number of thioether (sulfide) groups is 1. The van der Waals surface area contributed by atoms with Gasteiger partial charge in [-0.2, -0.15) is 0 Å². The molecular weight excluding hydrogens is 538 g/mol. The molecule has 8 nitrogen and oxygen atoms in total. The molecule has 0 aliphatic heterocycles. The van der Waals surface area contributed by atoms with Crippen molar-refractivity contribution in [2.24, 2.45) is 34.0 Å². The molecule has 8 atom stereocenters. The predicted molar refractivity (Wildman–Crippen MR) is 159 cm³/mol. The number of carbonyl (C=O) groups is 2. The van der Waals surface area contributed by atoms with Gasteiger partial charge in [0, 0.05) is 54.1 Å². The third-order valence-electron chi connectivity index (χ3n) is 11.0. The Labute approximate surface area is 246 Å². The van der Waals surface area contributed by atoms with E-state index in [-0.39, 0.29) is 40.1 Å². The Kier molecular flexibility index (Phi) is 8.16. The van der Waals surface area contributed by atoms with Crippen LogP contribution in [0, 0.1) is 34.0 Å². The lowest BCUT2D eigenvalue weighted by Crippen LogP contribution is -2.63. The van der Waals surface area contributed by atoms with Gasteiger partial charge in [0.05, 0.1) is 6.10 Å². The maximum absolute atomic E-state index is 13.8. The molecule has 3 fully saturated rings. The van der Waals surface area contributed by atoms with Crippen molar-refractivity contribution in [1.29, 1.82) is 0 Å². The summed E-state index contributed by atoms with van der Waals surface area (Å²) in [5.74, 6) is 0.00788. The number of aromatic nitrogens is 3. The number of ether oxygens (including phenoxy) is 1. The molecule has 0 saturated heterocycles. The molecule has 3 saturated carbocycles. The van der Waals surface area contributed by atoms with Crippen LogP contribution in [-0.2, 0) is 16.1 Å². The van der Waals surface area contributed by atoms with Crippen molar-refractivity contribution >= 4 is 23.5 Å². The van der Waals surface area contributed by atoms with E-state index in [0.29, 0.717) is 19.4 Å². The average molecular weight is 582 g/mol. The molecule has 2 unspecified atom stereocenters. The molecule has 2 aromatic heterocycles. The topological polar surface area (TPSA) is 114 Å². The van der Waals surface area contributed by atoms with Gasteiger partial charge in [-0.25, -0.2) is 9.78 Å². The molecule has 2 heterocycles. The molecule has 2 bridgehead atoms. The number of H-pyrrole nitrogens is 1. The first kappa shape index (κ1) is 29.8. The summed E-state index contributed by atoms with van der Waals surface area (Å²) in [6, 6.07) is 3.22. The zero-order valence-electron chi connectivity index (χ0n) is 24.6. The smallest absolute Gasteiger partial charge is 0.344 e. The van der Waals surface area contributed by atoms with Crippen molar-refractivity contribution in [3.63, 3.8) is 0 Å². The fourth-order valence-corrected chi connectivity index (χ4v) is 9.05. The third kappa shape index (κ3) is 4.92. The molecule has 222 valence electrons. The summed E-state index contributed by atoms with van der Waals surface area (Å²) in [5.41, 5.74) is -2.11. The number of aromatic amines is 1. The van der Waals surface area contributed by atoms with Crippen LogP contribution in [-0.4, -0.2) is 49.4 Å². The largest absolute Gasteiger partial charge is 0.458 e. The lowest BCUT2D eigenvalue weighted by Gasteiger charge is -2.61. The molecule has 0 aromatic carbocycles. The van der Waals surface area contributed by atoms with E-state index in [4.69, 9.17) is 4.74 Å². The minimum Gasteiger partial charge on any atom is -0.458 e. The fourth-order valence-electron chi connectivity index (χ4n) is 8.30. The number of hydrogen-bond acceptors (Lipinski definition) is 7. The van der Waals surface area contributed by atoms with Gasteiger partial charge in [-0.1, -0.05) is 45.5 Å². The highest BCUT2D eigenvalue weighted by Gasteiger charge is 2.68. The molecule has 5 rings (SSSR count). The van der Waals surface area contributed by atoms with E-state index in [0.717, 1.165) is 36.6 Å². The maximum Gasteiger partial charge on any atom is 0.344 e. The number of imidazole rings is 1. The van der Waals surface area contributed by atoms with Crippen LogP contribution in [0.15, 0.2) is 53.3 Å². The Hall–Kier alpha value is -2.65. The highest BCUT2D eigenvalue weighted by Crippen LogP contribution is 2.68. The van der Waals surface area contributed by atoms with Gasteiger partial charge in [0.1, 0.15) is 17.5 Å². The molecule has 0 spiro atoms. The van der Waals surface area contributed by atoms with Gasteiger partial charge in [0.2, 0.25) is 0 Å². The molecule has 3 aliphatic rings. The van der Waals surface area contributed by atoms with E-state index < -0.39 is 29.0 Å². The van der Waals surface area contributed by atoms with E-state index in [2.05, 4.69) is 37.3 Å². The number of pyridine rings is 1. The Morgan fingerprint density at radius 3 is 2.80 bits per heavy atom. The molecule has 0 radical (unpaired) electrons. The summed E-state index contributed by atoms with van der Waals surface area (Å²) in [5, 5.41) is 12.5. The molecule has 0 amide bonds. The first-order valence-electron chi connectivity index (χ1n) is 14.8.